The Labute approximate surface area is 326 Å². The van der Waals surface area contributed by atoms with Crippen molar-refractivity contribution in [1.29, 1.82) is 0 Å². The molecular formula is C44H46N8O4. The maximum Gasteiger partial charge on any atom is 0.246 e. The molecule has 12 heteroatoms. The quantitative estimate of drug-likeness (QED) is 0.155. The summed E-state index contributed by atoms with van der Waals surface area (Å²) in [7, 11) is 7.66. The van der Waals surface area contributed by atoms with E-state index in [1.54, 1.807) is 22.2 Å². The summed E-state index contributed by atoms with van der Waals surface area (Å²) in [6.45, 7) is 1.87. The lowest BCUT2D eigenvalue weighted by atomic mass is 10.0. The number of aromatic nitrogens is 4. The summed E-state index contributed by atoms with van der Waals surface area (Å²) in [5, 5.41) is 0. The molecule has 0 spiro atoms. The van der Waals surface area contributed by atoms with Gasteiger partial charge in [0, 0.05) is 13.1 Å². The van der Waals surface area contributed by atoms with Gasteiger partial charge in [0.15, 0.2) is 24.1 Å². The molecule has 0 saturated carbocycles. The fraction of sp³-hybridized carbons (Fsp3) is 0.273. The maximum absolute atomic E-state index is 13.8. The SMILES string of the molecule is CN(C)C(C(=O)N1CCO[C@H]1c1ncc(-c2ccc(-c3ccc(-c4cnc([C@@H]5OCCN5C(=O)[C@@H](c5ccccc5)N(C)C)[nH]4)cc3)cc2)[nH]1)c1ccccc1. The molecular weight excluding hydrogens is 705 g/mol. The van der Waals surface area contributed by atoms with Crippen LogP contribution >= 0.6 is 0 Å². The molecule has 4 aromatic carbocycles. The van der Waals surface area contributed by atoms with Crippen molar-refractivity contribution in [3.63, 3.8) is 0 Å². The molecule has 8 rings (SSSR count). The lowest BCUT2D eigenvalue weighted by molar-refractivity contribution is -0.142. The topological polar surface area (TPSA) is 123 Å². The molecule has 2 aliphatic rings. The first-order chi connectivity index (χ1) is 27.3. The van der Waals surface area contributed by atoms with Crippen molar-refractivity contribution in [2.24, 2.45) is 0 Å². The third kappa shape index (κ3) is 7.39. The van der Waals surface area contributed by atoms with Gasteiger partial charge in [0.05, 0.1) is 37.0 Å². The third-order valence-electron chi connectivity index (χ3n) is 10.5. The molecule has 2 aliphatic heterocycles. The Morgan fingerprint density at radius 2 is 0.929 bits per heavy atom. The Morgan fingerprint density at radius 1 is 0.571 bits per heavy atom. The fourth-order valence-electron chi connectivity index (χ4n) is 7.65. The molecule has 6 aromatic rings. The fourth-order valence-corrected chi connectivity index (χ4v) is 7.65. The summed E-state index contributed by atoms with van der Waals surface area (Å²) < 4.78 is 12.1. The number of benzene rings is 4. The van der Waals surface area contributed by atoms with Crippen molar-refractivity contribution >= 4 is 11.8 Å². The van der Waals surface area contributed by atoms with Crippen molar-refractivity contribution < 1.29 is 19.1 Å². The highest BCUT2D eigenvalue weighted by atomic mass is 16.5. The molecule has 2 amide bonds. The van der Waals surface area contributed by atoms with E-state index in [4.69, 9.17) is 9.47 Å². The highest BCUT2D eigenvalue weighted by molar-refractivity contribution is 5.84. The highest BCUT2D eigenvalue weighted by Gasteiger charge is 2.39. The minimum absolute atomic E-state index is 0.0243. The smallest absolute Gasteiger partial charge is 0.246 e. The van der Waals surface area contributed by atoms with Crippen molar-refractivity contribution in [3.8, 4) is 33.6 Å². The first-order valence-corrected chi connectivity index (χ1v) is 18.8. The van der Waals surface area contributed by atoms with E-state index in [1.807, 2.05) is 98.7 Å². The van der Waals surface area contributed by atoms with Crippen LogP contribution in [0.2, 0.25) is 0 Å². The van der Waals surface area contributed by atoms with E-state index < -0.39 is 24.5 Å². The molecule has 4 heterocycles. The molecule has 4 atom stereocenters. The number of nitrogens with zero attached hydrogens (tertiary/aromatic N) is 6. The Morgan fingerprint density at radius 3 is 1.29 bits per heavy atom. The summed E-state index contributed by atoms with van der Waals surface area (Å²) in [4.78, 5) is 51.2. The summed E-state index contributed by atoms with van der Waals surface area (Å²) >= 11 is 0. The first-order valence-electron chi connectivity index (χ1n) is 18.8. The molecule has 2 saturated heterocycles. The lowest BCUT2D eigenvalue weighted by Gasteiger charge is -2.30. The number of imidazole rings is 2. The van der Waals surface area contributed by atoms with Gasteiger partial charge in [0.1, 0.15) is 12.1 Å². The molecule has 2 fully saturated rings. The number of hydrogen-bond acceptors (Lipinski definition) is 8. The van der Waals surface area contributed by atoms with Crippen LogP contribution in [0.4, 0.5) is 0 Å². The second-order valence-electron chi connectivity index (χ2n) is 14.6. The van der Waals surface area contributed by atoms with E-state index in [0.29, 0.717) is 38.0 Å². The molecule has 0 bridgehead atoms. The number of rotatable bonds is 11. The van der Waals surface area contributed by atoms with Crippen LogP contribution in [0.25, 0.3) is 33.6 Å². The van der Waals surface area contributed by atoms with Crippen LogP contribution < -0.4 is 0 Å². The van der Waals surface area contributed by atoms with E-state index in [1.165, 1.54) is 0 Å². The highest BCUT2D eigenvalue weighted by Crippen LogP contribution is 2.34. The lowest BCUT2D eigenvalue weighted by Crippen LogP contribution is -2.40. The molecule has 56 heavy (non-hydrogen) atoms. The zero-order valence-corrected chi connectivity index (χ0v) is 32.0. The van der Waals surface area contributed by atoms with Crippen LogP contribution in [-0.2, 0) is 19.1 Å². The Balaban J connectivity index is 0.930. The number of ether oxygens (including phenoxy) is 2. The molecule has 286 valence electrons. The van der Waals surface area contributed by atoms with Gasteiger partial charge < -0.3 is 29.2 Å². The molecule has 2 aromatic heterocycles. The predicted molar refractivity (Wildman–Crippen MR) is 214 cm³/mol. The van der Waals surface area contributed by atoms with Crippen LogP contribution in [0, 0.1) is 0 Å². The number of aromatic amines is 2. The van der Waals surface area contributed by atoms with Crippen molar-refractivity contribution in [3.05, 3.63) is 144 Å². The molecule has 0 radical (unpaired) electrons. The predicted octanol–water partition coefficient (Wildman–Crippen LogP) is 6.45. The van der Waals surface area contributed by atoms with Crippen LogP contribution in [0.3, 0.4) is 0 Å². The minimum atomic E-state index is -0.589. The summed E-state index contributed by atoms with van der Waals surface area (Å²) in [6, 6.07) is 35.3. The Hall–Kier alpha value is -5.92. The van der Waals surface area contributed by atoms with Gasteiger partial charge in [-0.05, 0) is 61.6 Å². The molecule has 12 nitrogen and oxygen atoms in total. The van der Waals surface area contributed by atoms with Crippen LogP contribution in [-0.4, -0.2) is 106 Å². The number of amides is 2. The molecule has 1 unspecified atom stereocenters. The third-order valence-corrected chi connectivity index (χ3v) is 10.5. The number of likely N-dealkylation sites (N-methyl/N-ethyl adjacent to an activating group) is 2. The molecule has 0 aliphatic carbocycles. The van der Waals surface area contributed by atoms with Gasteiger partial charge in [0.2, 0.25) is 11.8 Å². The largest absolute Gasteiger partial charge is 0.349 e. The van der Waals surface area contributed by atoms with Crippen molar-refractivity contribution in [2.75, 3.05) is 54.5 Å². The number of carbonyl (C=O) groups is 2. The van der Waals surface area contributed by atoms with E-state index in [9.17, 15) is 9.59 Å². The second-order valence-corrected chi connectivity index (χ2v) is 14.6. The van der Waals surface area contributed by atoms with E-state index in [2.05, 4.69) is 68.5 Å². The Kier molecular flexibility index (Phi) is 10.6. The number of nitrogens with one attached hydrogen (secondary N) is 2. The van der Waals surface area contributed by atoms with Crippen LogP contribution in [0.1, 0.15) is 47.3 Å². The van der Waals surface area contributed by atoms with E-state index in [-0.39, 0.29) is 11.8 Å². The Bertz CT molecular complexity index is 2090. The zero-order chi connectivity index (χ0) is 38.8. The normalized spacial score (nSPS) is 18.2. The van der Waals surface area contributed by atoms with Crippen molar-refractivity contribution in [1.82, 2.24) is 39.5 Å². The first kappa shape index (κ1) is 37.0. The monoisotopic (exact) mass is 750 g/mol. The van der Waals surface area contributed by atoms with Gasteiger partial charge in [0.25, 0.3) is 0 Å². The van der Waals surface area contributed by atoms with E-state index in [0.717, 1.165) is 44.8 Å². The molecule has 2 N–H and O–H groups in total. The van der Waals surface area contributed by atoms with Gasteiger partial charge in [-0.1, -0.05) is 109 Å². The number of hydrogen-bond donors (Lipinski definition) is 2. The number of H-pyrrole nitrogens is 2. The summed E-state index contributed by atoms with van der Waals surface area (Å²) in [5.41, 5.74) is 7.65. The van der Waals surface area contributed by atoms with Gasteiger partial charge >= 0.3 is 0 Å². The summed E-state index contributed by atoms with van der Waals surface area (Å²) in [6.07, 6.45) is 2.40. The van der Waals surface area contributed by atoms with E-state index >= 15 is 0 Å². The second kappa shape index (κ2) is 16.0. The summed E-state index contributed by atoms with van der Waals surface area (Å²) in [5.74, 6) is 1.15. The average Bonchev–Trinajstić information content (AvgIpc) is 4.06. The maximum atomic E-state index is 13.8. The van der Waals surface area contributed by atoms with Gasteiger partial charge in [-0.15, -0.1) is 0 Å². The van der Waals surface area contributed by atoms with Gasteiger partial charge in [-0.25, -0.2) is 9.97 Å². The number of carbonyl (C=O) groups excluding carboxylic acids is 2. The van der Waals surface area contributed by atoms with Crippen LogP contribution in [0.15, 0.2) is 122 Å². The van der Waals surface area contributed by atoms with Crippen LogP contribution in [0.5, 0.6) is 0 Å². The standard InChI is InChI=1S/C44H46N8O4/c1-49(2)37(33-11-7-5-8-12-33)41(53)51-23-25-55-43(51)39-45-27-35(47-39)31-19-15-29(16-20-31)30-17-21-32(22-18-30)36-28-46-40(48-36)44-52(24-26-56-44)42(54)38(50(3)4)34-13-9-6-10-14-34/h5-22,27-28,37-38,43-44H,23-26H2,1-4H3,(H,45,47)(H,46,48)/t37-,38?,43+,44+/m1/s1. The van der Waals surface area contributed by atoms with Gasteiger partial charge in [-0.3, -0.25) is 19.4 Å². The van der Waals surface area contributed by atoms with Gasteiger partial charge in [-0.2, -0.15) is 0 Å². The minimum Gasteiger partial charge on any atom is -0.349 e. The van der Waals surface area contributed by atoms with Crippen molar-refractivity contribution in [2.45, 2.75) is 24.5 Å². The average molecular weight is 751 g/mol. The zero-order valence-electron chi connectivity index (χ0n) is 32.0.